The normalized spacial score (nSPS) is 13.2. The number of piperazine rings is 1. The number of nitrogen functional groups attached to an aromatic ring is 2. The van der Waals surface area contributed by atoms with Gasteiger partial charge in [-0.05, 0) is 30.7 Å². The number of hydrogen-bond donors (Lipinski definition) is 3. The fourth-order valence-corrected chi connectivity index (χ4v) is 3.72. The molecule has 0 saturated carbocycles. The van der Waals surface area contributed by atoms with E-state index in [1.54, 1.807) is 23.9 Å². The van der Waals surface area contributed by atoms with Gasteiger partial charge in [-0.3, -0.25) is 0 Å². The van der Waals surface area contributed by atoms with Crippen molar-refractivity contribution in [3.05, 3.63) is 41.2 Å². The first-order valence-corrected chi connectivity index (χ1v) is 9.82. The number of aromatic nitrogens is 2. The van der Waals surface area contributed by atoms with Gasteiger partial charge in [0.15, 0.2) is 5.16 Å². The predicted octanol–water partition coefficient (Wildman–Crippen LogP) is 2.20. The summed E-state index contributed by atoms with van der Waals surface area (Å²) in [6, 6.07) is 6.27. The standard InChI is InChI=1S/C18H25FN6S.3ClH.H2O/c19-14-4-2-13(3-5-14)12-15-16(20)23-18(24-17(15)21)26-11-1-8-25-9-6-22-7-10-25;;;;/h2-5,22H,1,6-12H2,(H4,20,21,23,24);3*1H;1H2. The van der Waals surface area contributed by atoms with Gasteiger partial charge in [0.25, 0.3) is 0 Å². The van der Waals surface area contributed by atoms with Crippen LogP contribution in [0.4, 0.5) is 16.0 Å². The van der Waals surface area contributed by atoms with Gasteiger partial charge in [-0.15, -0.1) is 37.2 Å². The van der Waals surface area contributed by atoms with Gasteiger partial charge < -0.3 is 27.2 Å². The number of hydrogen-bond acceptors (Lipinski definition) is 7. The topological polar surface area (TPSA) is 125 Å². The Balaban J connectivity index is 0. The summed E-state index contributed by atoms with van der Waals surface area (Å²) < 4.78 is 13.0. The van der Waals surface area contributed by atoms with Crippen LogP contribution in [0.1, 0.15) is 17.5 Å². The third-order valence-corrected chi connectivity index (χ3v) is 5.34. The average Bonchev–Trinajstić information content (AvgIpc) is 2.64. The number of rotatable bonds is 7. The van der Waals surface area contributed by atoms with Crippen molar-refractivity contribution in [2.75, 3.05) is 49.9 Å². The summed E-state index contributed by atoms with van der Waals surface area (Å²) in [5.74, 6) is 1.46. The highest BCUT2D eigenvalue weighted by Crippen LogP contribution is 2.24. The minimum absolute atomic E-state index is 0. The van der Waals surface area contributed by atoms with Crippen molar-refractivity contribution in [1.82, 2.24) is 20.2 Å². The van der Waals surface area contributed by atoms with Crippen LogP contribution >= 0.6 is 49.0 Å². The van der Waals surface area contributed by atoms with Crippen LogP contribution in [0.25, 0.3) is 0 Å². The number of benzene rings is 1. The summed E-state index contributed by atoms with van der Waals surface area (Å²) in [7, 11) is 0. The fourth-order valence-electron chi connectivity index (χ4n) is 2.94. The van der Waals surface area contributed by atoms with Gasteiger partial charge in [-0.25, -0.2) is 14.4 Å². The van der Waals surface area contributed by atoms with E-state index >= 15 is 0 Å². The monoisotopic (exact) mass is 502 g/mol. The van der Waals surface area contributed by atoms with Crippen LogP contribution in [-0.2, 0) is 6.42 Å². The van der Waals surface area contributed by atoms with Crippen LogP contribution in [0.3, 0.4) is 0 Å². The lowest BCUT2D eigenvalue weighted by Gasteiger charge is -2.26. The summed E-state index contributed by atoms with van der Waals surface area (Å²) in [6.45, 7) is 5.44. The number of nitrogens with zero attached hydrogens (tertiary/aromatic N) is 3. The largest absolute Gasteiger partial charge is 0.412 e. The number of halogens is 4. The van der Waals surface area contributed by atoms with Gasteiger partial charge >= 0.3 is 0 Å². The SMILES string of the molecule is Cl.Cl.Cl.Nc1nc(SCCCN2CCNCC2)nc(N)c1Cc1ccc(F)cc1.O. The Labute approximate surface area is 199 Å². The lowest BCUT2D eigenvalue weighted by atomic mass is 10.1. The molecular weight excluding hydrogens is 474 g/mol. The fraction of sp³-hybridized carbons (Fsp3) is 0.444. The predicted molar refractivity (Wildman–Crippen MR) is 130 cm³/mol. The Morgan fingerprint density at radius 1 is 1.00 bits per heavy atom. The van der Waals surface area contributed by atoms with Crippen molar-refractivity contribution in [2.24, 2.45) is 0 Å². The lowest BCUT2D eigenvalue weighted by Crippen LogP contribution is -2.43. The molecule has 0 spiro atoms. The zero-order valence-corrected chi connectivity index (χ0v) is 19.7. The molecular formula is C18H30Cl3FN6OS. The number of anilines is 2. The Morgan fingerprint density at radius 2 is 1.57 bits per heavy atom. The van der Waals surface area contributed by atoms with E-state index in [2.05, 4.69) is 20.2 Å². The van der Waals surface area contributed by atoms with Crippen molar-refractivity contribution >= 4 is 60.6 Å². The van der Waals surface area contributed by atoms with E-state index in [4.69, 9.17) is 11.5 Å². The van der Waals surface area contributed by atoms with Crippen LogP contribution in [0.2, 0.25) is 0 Å². The minimum Gasteiger partial charge on any atom is -0.412 e. The van der Waals surface area contributed by atoms with Crippen LogP contribution in [0.15, 0.2) is 29.4 Å². The maximum atomic E-state index is 13.0. The Morgan fingerprint density at radius 3 is 2.13 bits per heavy atom. The molecule has 172 valence electrons. The van der Waals surface area contributed by atoms with Crippen LogP contribution in [0, 0.1) is 5.82 Å². The van der Waals surface area contributed by atoms with Crippen molar-refractivity contribution in [1.29, 1.82) is 0 Å². The van der Waals surface area contributed by atoms with Crippen molar-refractivity contribution < 1.29 is 9.87 Å². The first-order valence-electron chi connectivity index (χ1n) is 8.84. The minimum atomic E-state index is -0.265. The maximum Gasteiger partial charge on any atom is 0.191 e. The molecule has 1 fully saturated rings. The summed E-state index contributed by atoms with van der Waals surface area (Å²) in [5.41, 5.74) is 13.8. The molecule has 30 heavy (non-hydrogen) atoms. The highest BCUT2D eigenvalue weighted by Gasteiger charge is 2.12. The van der Waals surface area contributed by atoms with Crippen LogP contribution < -0.4 is 16.8 Å². The Bertz CT molecular complexity index is 715. The van der Waals surface area contributed by atoms with E-state index in [1.807, 2.05) is 0 Å². The first-order chi connectivity index (χ1) is 12.6. The van der Waals surface area contributed by atoms with E-state index < -0.39 is 0 Å². The Hall–Kier alpha value is -1.07. The number of thioether (sulfide) groups is 1. The molecule has 0 unspecified atom stereocenters. The summed E-state index contributed by atoms with van der Waals surface area (Å²) in [4.78, 5) is 11.2. The van der Waals surface area contributed by atoms with Crippen molar-refractivity contribution in [3.8, 4) is 0 Å². The molecule has 2 heterocycles. The zero-order chi connectivity index (χ0) is 18.4. The second-order valence-corrected chi connectivity index (χ2v) is 7.41. The lowest BCUT2D eigenvalue weighted by molar-refractivity contribution is 0.242. The summed E-state index contributed by atoms with van der Waals surface area (Å²) >= 11 is 1.58. The first kappa shape index (κ1) is 31.1. The van der Waals surface area contributed by atoms with Gasteiger partial charge in [0.2, 0.25) is 0 Å². The van der Waals surface area contributed by atoms with E-state index in [0.717, 1.165) is 50.5 Å². The molecule has 12 heteroatoms. The molecule has 1 aromatic carbocycles. The van der Waals surface area contributed by atoms with Gasteiger partial charge in [-0.2, -0.15) is 0 Å². The molecule has 0 atom stereocenters. The molecule has 0 aliphatic carbocycles. The molecule has 3 rings (SSSR count). The zero-order valence-electron chi connectivity index (χ0n) is 16.5. The smallest absolute Gasteiger partial charge is 0.191 e. The number of nitrogens with two attached hydrogens (primary N) is 2. The molecule has 7 nitrogen and oxygen atoms in total. The molecule has 0 amide bonds. The summed E-state index contributed by atoms with van der Waals surface area (Å²) in [6.07, 6.45) is 1.57. The number of nitrogens with one attached hydrogen (secondary N) is 1. The molecule has 1 aliphatic rings. The van der Waals surface area contributed by atoms with Gasteiger partial charge in [-0.1, -0.05) is 23.9 Å². The van der Waals surface area contributed by atoms with Gasteiger partial charge in [0.05, 0.1) is 0 Å². The van der Waals surface area contributed by atoms with Crippen molar-refractivity contribution in [2.45, 2.75) is 18.0 Å². The Kier molecular flexibility index (Phi) is 16.3. The molecule has 2 aromatic rings. The van der Waals surface area contributed by atoms with E-state index in [-0.39, 0.29) is 48.5 Å². The molecule has 7 N–H and O–H groups in total. The quantitative estimate of drug-likeness (QED) is 0.300. The van der Waals surface area contributed by atoms with Crippen LogP contribution in [-0.4, -0.2) is 58.8 Å². The molecule has 0 radical (unpaired) electrons. The van der Waals surface area contributed by atoms with E-state index in [0.29, 0.717) is 28.8 Å². The molecule has 0 bridgehead atoms. The van der Waals surface area contributed by atoms with Crippen molar-refractivity contribution in [3.63, 3.8) is 0 Å². The highest BCUT2D eigenvalue weighted by atomic mass is 35.5. The maximum absolute atomic E-state index is 13.0. The summed E-state index contributed by atoms with van der Waals surface area (Å²) in [5, 5.41) is 3.97. The van der Waals surface area contributed by atoms with Crippen LogP contribution in [0.5, 0.6) is 0 Å². The second kappa shape index (κ2) is 15.7. The van der Waals surface area contributed by atoms with Gasteiger partial charge in [0.1, 0.15) is 17.5 Å². The second-order valence-electron chi connectivity index (χ2n) is 6.35. The molecule has 1 aliphatic heterocycles. The molecule has 1 aromatic heterocycles. The average molecular weight is 504 g/mol. The third kappa shape index (κ3) is 9.38. The van der Waals surface area contributed by atoms with Gasteiger partial charge in [0, 0.05) is 43.9 Å². The van der Waals surface area contributed by atoms with E-state index in [9.17, 15) is 4.39 Å². The molecule has 1 saturated heterocycles. The van der Waals surface area contributed by atoms with E-state index in [1.165, 1.54) is 12.1 Å². The third-order valence-electron chi connectivity index (χ3n) is 4.40. The highest BCUT2D eigenvalue weighted by molar-refractivity contribution is 7.99.